The maximum Gasteiger partial charge on any atom is 0.262 e. The van der Waals surface area contributed by atoms with E-state index in [0.717, 1.165) is 43.2 Å². The second-order valence-corrected chi connectivity index (χ2v) is 10.1. The minimum Gasteiger partial charge on any atom is -0.381 e. The van der Waals surface area contributed by atoms with Gasteiger partial charge >= 0.3 is 0 Å². The highest BCUT2D eigenvalue weighted by Gasteiger charge is 2.66. The number of aliphatic imine (C=N–C) groups is 1. The first-order valence-electron chi connectivity index (χ1n) is 12.2. The number of carbonyl (C=O) groups excluding carboxylic acids is 1. The third-order valence-electron chi connectivity index (χ3n) is 8.08. The standard InChI is InChI=1S/C27H29N5O2/c1-34-22-10-12-26(13-11-22)16-20-9-8-19(7-6-18-4-5-18)15-23(20)27(26)24(33)32(25(28)30-27)17-21-3-2-14-29-31-21/h2-3,8-9,14-15,18,22H,4-5,10-13,16-17H2,1H3,(H2,28,30). The van der Waals surface area contributed by atoms with Crippen molar-refractivity contribution in [2.75, 3.05) is 7.11 Å². The van der Waals surface area contributed by atoms with E-state index in [4.69, 9.17) is 15.5 Å². The highest BCUT2D eigenvalue weighted by molar-refractivity contribution is 6.08. The highest BCUT2D eigenvalue weighted by Crippen LogP contribution is 2.62. The molecule has 6 rings (SSSR count). The van der Waals surface area contributed by atoms with Gasteiger partial charge in [0, 0.05) is 30.2 Å². The molecule has 1 amide bonds. The van der Waals surface area contributed by atoms with Crippen LogP contribution in [0, 0.1) is 23.2 Å². The molecule has 3 aliphatic carbocycles. The molecule has 1 aromatic carbocycles. The van der Waals surface area contributed by atoms with Gasteiger partial charge in [0.2, 0.25) is 0 Å². The zero-order valence-corrected chi connectivity index (χ0v) is 19.5. The van der Waals surface area contributed by atoms with E-state index in [-0.39, 0.29) is 29.9 Å². The van der Waals surface area contributed by atoms with Crippen molar-refractivity contribution in [1.82, 2.24) is 15.1 Å². The first-order chi connectivity index (χ1) is 16.5. The molecule has 0 radical (unpaired) electrons. The van der Waals surface area contributed by atoms with Gasteiger partial charge in [-0.25, -0.2) is 4.99 Å². The van der Waals surface area contributed by atoms with Crippen molar-refractivity contribution < 1.29 is 9.53 Å². The number of hydrogen-bond donors (Lipinski definition) is 1. The smallest absolute Gasteiger partial charge is 0.262 e. The van der Waals surface area contributed by atoms with Gasteiger partial charge < -0.3 is 10.5 Å². The summed E-state index contributed by atoms with van der Waals surface area (Å²) in [6.07, 6.45) is 8.58. The molecule has 0 bridgehead atoms. The lowest BCUT2D eigenvalue weighted by atomic mass is 9.61. The first kappa shape index (κ1) is 21.3. The van der Waals surface area contributed by atoms with Crippen LogP contribution < -0.4 is 5.73 Å². The molecule has 0 saturated heterocycles. The van der Waals surface area contributed by atoms with Crippen LogP contribution in [0.2, 0.25) is 0 Å². The van der Waals surface area contributed by atoms with Gasteiger partial charge in [0.1, 0.15) is 0 Å². The average molecular weight is 456 g/mol. The summed E-state index contributed by atoms with van der Waals surface area (Å²) in [5.74, 6) is 7.40. The number of nitrogens with zero attached hydrogens (tertiary/aromatic N) is 4. The van der Waals surface area contributed by atoms with Crippen molar-refractivity contribution in [1.29, 1.82) is 0 Å². The van der Waals surface area contributed by atoms with E-state index in [1.54, 1.807) is 18.2 Å². The summed E-state index contributed by atoms with van der Waals surface area (Å²) in [7, 11) is 1.77. The van der Waals surface area contributed by atoms with Crippen molar-refractivity contribution >= 4 is 11.9 Å². The fourth-order valence-electron chi connectivity index (χ4n) is 6.09. The van der Waals surface area contributed by atoms with Gasteiger partial charge in [-0.2, -0.15) is 10.2 Å². The molecular weight excluding hydrogens is 426 g/mol. The number of aromatic nitrogens is 2. The van der Waals surface area contributed by atoms with E-state index < -0.39 is 5.54 Å². The molecule has 1 aromatic heterocycles. The number of ether oxygens (including phenoxy) is 1. The number of hydrogen-bond acceptors (Lipinski definition) is 6. The lowest BCUT2D eigenvalue weighted by Crippen LogP contribution is -2.52. The van der Waals surface area contributed by atoms with E-state index in [1.165, 1.54) is 18.4 Å². The van der Waals surface area contributed by atoms with Gasteiger partial charge in [0.15, 0.2) is 11.5 Å². The molecule has 2 fully saturated rings. The van der Waals surface area contributed by atoms with Crippen LogP contribution in [0.5, 0.6) is 0 Å². The van der Waals surface area contributed by atoms with Crippen LogP contribution >= 0.6 is 0 Å². The number of benzene rings is 1. The number of fused-ring (bicyclic) bond motifs is 3. The van der Waals surface area contributed by atoms with E-state index >= 15 is 0 Å². The van der Waals surface area contributed by atoms with E-state index in [1.807, 2.05) is 12.1 Å². The van der Waals surface area contributed by atoms with Gasteiger partial charge in [-0.15, -0.1) is 0 Å². The Morgan fingerprint density at radius 1 is 1.21 bits per heavy atom. The molecule has 2 saturated carbocycles. The average Bonchev–Trinajstić information content (AvgIpc) is 3.62. The Balaban J connectivity index is 1.44. The van der Waals surface area contributed by atoms with Crippen molar-refractivity contribution in [3.05, 3.63) is 58.9 Å². The Morgan fingerprint density at radius 2 is 2.03 bits per heavy atom. The number of guanidine groups is 1. The monoisotopic (exact) mass is 455 g/mol. The third kappa shape index (κ3) is 3.24. The van der Waals surface area contributed by atoms with Crippen molar-refractivity contribution in [3.8, 4) is 11.8 Å². The molecule has 34 heavy (non-hydrogen) atoms. The SMILES string of the molecule is COC1CCC2(CC1)Cc1ccc(C#CC3CC3)cc1C21N=C(N)N(Cc2cccnn2)C1=O. The van der Waals surface area contributed by atoms with Crippen molar-refractivity contribution in [2.45, 2.75) is 63.1 Å². The largest absolute Gasteiger partial charge is 0.381 e. The summed E-state index contributed by atoms with van der Waals surface area (Å²) in [6.45, 7) is 0.261. The predicted octanol–water partition coefficient (Wildman–Crippen LogP) is 2.92. The van der Waals surface area contributed by atoms with Gasteiger partial charge in [-0.05, 0) is 80.3 Å². The highest BCUT2D eigenvalue weighted by atomic mass is 16.5. The van der Waals surface area contributed by atoms with Crippen molar-refractivity contribution in [2.24, 2.45) is 22.1 Å². The number of nitrogens with two attached hydrogens (primary N) is 1. The summed E-state index contributed by atoms with van der Waals surface area (Å²) in [6, 6.07) is 10.0. The molecule has 2 aromatic rings. The maximum atomic E-state index is 14.3. The summed E-state index contributed by atoms with van der Waals surface area (Å²) in [5, 5.41) is 8.12. The number of methoxy groups -OCH3 is 1. The molecule has 2 spiro atoms. The first-order valence-corrected chi connectivity index (χ1v) is 12.2. The number of amides is 1. The quantitative estimate of drug-likeness (QED) is 0.719. The minimum absolute atomic E-state index is 0.0578. The fourth-order valence-corrected chi connectivity index (χ4v) is 6.09. The van der Waals surface area contributed by atoms with Crippen LogP contribution in [0.3, 0.4) is 0 Å². The van der Waals surface area contributed by atoms with Gasteiger partial charge in [0.25, 0.3) is 5.91 Å². The van der Waals surface area contributed by atoms with E-state index in [9.17, 15) is 4.79 Å². The van der Waals surface area contributed by atoms with Gasteiger partial charge in [0.05, 0.1) is 18.3 Å². The fraction of sp³-hybridized carbons (Fsp3) is 0.481. The molecule has 4 aliphatic rings. The van der Waals surface area contributed by atoms with Crippen LogP contribution in [0.25, 0.3) is 0 Å². The molecule has 2 heterocycles. The van der Waals surface area contributed by atoms with Crippen LogP contribution in [0.1, 0.15) is 60.9 Å². The topological polar surface area (TPSA) is 93.7 Å². The van der Waals surface area contributed by atoms with Crippen molar-refractivity contribution in [3.63, 3.8) is 0 Å². The molecule has 1 atom stereocenters. The van der Waals surface area contributed by atoms with Gasteiger partial charge in [-0.1, -0.05) is 17.9 Å². The Kier molecular flexibility index (Phi) is 4.96. The van der Waals surface area contributed by atoms with Crippen LogP contribution in [0.4, 0.5) is 0 Å². The summed E-state index contributed by atoms with van der Waals surface area (Å²) in [5.41, 5.74) is 8.92. The second kappa shape index (κ2) is 7.92. The lowest BCUT2D eigenvalue weighted by molar-refractivity contribution is -0.138. The lowest BCUT2D eigenvalue weighted by Gasteiger charge is -2.45. The Labute approximate surface area is 199 Å². The Hall–Kier alpha value is -3.24. The number of rotatable bonds is 3. The summed E-state index contributed by atoms with van der Waals surface area (Å²) >= 11 is 0. The second-order valence-electron chi connectivity index (χ2n) is 10.1. The van der Waals surface area contributed by atoms with Gasteiger partial charge in [-0.3, -0.25) is 9.69 Å². The minimum atomic E-state index is -1.02. The predicted molar refractivity (Wildman–Crippen MR) is 127 cm³/mol. The molecule has 1 unspecified atom stereocenters. The molecule has 1 aliphatic heterocycles. The number of carbonyl (C=O) groups is 1. The maximum absolute atomic E-state index is 14.3. The molecular formula is C27H29N5O2. The third-order valence-corrected chi connectivity index (χ3v) is 8.08. The molecule has 7 heteroatoms. The molecule has 174 valence electrons. The molecule has 7 nitrogen and oxygen atoms in total. The zero-order valence-electron chi connectivity index (χ0n) is 19.5. The Bertz CT molecular complexity index is 1220. The summed E-state index contributed by atoms with van der Waals surface area (Å²) < 4.78 is 5.66. The van der Waals surface area contributed by atoms with E-state index in [0.29, 0.717) is 11.6 Å². The van der Waals surface area contributed by atoms with E-state index in [2.05, 4.69) is 40.2 Å². The normalized spacial score (nSPS) is 29.8. The zero-order chi connectivity index (χ0) is 23.3. The van der Waals surface area contributed by atoms with Crippen LogP contribution in [0.15, 0.2) is 41.5 Å². The van der Waals surface area contributed by atoms with Crippen LogP contribution in [-0.2, 0) is 28.0 Å². The van der Waals surface area contributed by atoms with Crippen LogP contribution in [-0.4, -0.2) is 40.2 Å². The summed E-state index contributed by atoms with van der Waals surface area (Å²) in [4.78, 5) is 21.0. The Morgan fingerprint density at radius 3 is 2.74 bits per heavy atom. The molecule has 2 N–H and O–H groups in total.